The average molecular weight is 281 g/mol. The largest absolute Gasteiger partial charge is 0.311 e. The second-order valence-corrected chi connectivity index (χ2v) is 6.93. The van der Waals surface area contributed by atoms with Crippen LogP contribution in [0.15, 0.2) is 54.6 Å². The Bertz CT molecular complexity index is 534. The molecule has 0 aliphatic rings. The molecule has 2 aromatic carbocycles. The van der Waals surface area contributed by atoms with Crippen LogP contribution in [0.2, 0.25) is 0 Å². The van der Waals surface area contributed by atoms with E-state index in [1.54, 1.807) is 0 Å². The molecule has 1 unspecified atom stereocenters. The summed E-state index contributed by atoms with van der Waals surface area (Å²) in [4.78, 5) is 0. The van der Waals surface area contributed by atoms with Crippen molar-refractivity contribution in [3.8, 4) is 0 Å². The quantitative estimate of drug-likeness (QED) is 0.837. The van der Waals surface area contributed by atoms with Gasteiger partial charge in [0.05, 0.1) is 0 Å². The summed E-state index contributed by atoms with van der Waals surface area (Å²) in [6.45, 7) is 9.81. The first kappa shape index (κ1) is 15.8. The summed E-state index contributed by atoms with van der Waals surface area (Å²) in [5.74, 6) is 0.508. The van der Waals surface area contributed by atoms with Crippen LogP contribution in [0, 0.1) is 6.92 Å². The van der Waals surface area contributed by atoms with Crippen molar-refractivity contribution in [2.24, 2.45) is 0 Å². The molecule has 21 heavy (non-hydrogen) atoms. The Balaban J connectivity index is 2.13. The van der Waals surface area contributed by atoms with Gasteiger partial charge < -0.3 is 5.32 Å². The smallest absolute Gasteiger partial charge is 0.00967 e. The van der Waals surface area contributed by atoms with Gasteiger partial charge in [-0.05, 0) is 45.2 Å². The third kappa shape index (κ3) is 5.35. The van der Waals surface area contributed by atoms with E-state index in [4.69, 9.17) is 0 Å². The van der Waals surface area contributed by atoms with E-state index >= 15 is 0 Å². The topological polar surface area (TPSA) is 12.0 Å². The monoisotopic (exact) mass is 281 g/mol. The molecule has 0 spiro atoms. The normalized spacial score (nSPS) is 13.1. The van der Waals surface area contributed by atoms with Gasteiger partial charge in [-0.2, -0.15) is 0 Å². The van der Waals surface area contributed by atoms with Crippen molar-refractivity contribution in [3.05, 3.63) is 71.3 Å². The predicted octanol–water partition coefficient (Wildman–Crippen LogP) is 4.71. The number of hydrogen-bond acceptors (Lipinski definition) is 1. The summed E-state index contributed by atoms with van der Waals surface area (Å²) in [6.07, 6.45) is 1.08. The summed E-state index contributed by atoms with van der Waals surface area (Å²) < 4.78 is 0. The highest BCUT2D eigenvalue weighted by Gasteiger charge is 2.16. The highest BCUT2D eigenvalue weighted by Crippen LogP contribution is 2.21. The maximum atomic E-state index is 3.65. The van der Waals surface area contributed by atoms with E-state index in [1.165, 1.54) is 16.7 Å². The maximum absolute atomic E-state index is 3.65. The average Bonchev–Trinajstić information content (AvgIpc) is 2.45. The molecule has 0 radical (unpaired) electrons. The van der Waals surface area contributed by atoms with Crippen LogP contribution >= 0.6 is 0 Å². The number of rotatable bonds is 5. The van der Waals surface area contributed by atoms with Crippen LogP contribution in [0.25, 0.3) is 0 Å². The van der Waals surface area contributed by atoms with Crippen LogP contribution in [0.4, 0.5) is 0 Å². The van der Waals surface area contributed by atoms with Gasteiger partial charge in [0.15, 0.2) is 0 Å². The molecule has 0 aromatic heterocycles. The molecule has 0 aliphatic carbocycles. The minimum absolute atomic E-state index is 0.153. The molecule has 0 aliphatic heterocycles. The lowest BCUT2D eigenvalue weighted by atomic mass is 9.91. The molecule has 0 fully saturated rings. The Kier molecular flexibility index (Phi) is 5.19. The molecule has 1 nitrogen and oxygen atoms in total. The van der Waals surface area contributed by atoms with Crippen LogP contribution < -0.4 is 5.32 Å². The van der Waals surface area contributed by atoms with Crippen molar-refractivity contribution in [1.29, 1.82) is 0 Å². The summed E-state index contributed by atoms with van der Waals surface area (Å²) in [6, 6.07) is 19.7. The Labute approximate surface area is 129 Å². The molecule has 1 heteroatoms. The van der Waals surface area contributed by atoms with E-state index in [9.17, 15) is 0 Å². The van der Waals surface area contributed by atoms with Crippen molar-refractivity contribution in [3.63, 3.8) is 0 Å². The van der Waals surface area contributed by atoms with E-state index < -0.39 is 0 Å². The Morgan fingerprint density at radius 3 is 2.10 bits per heavy atom. The van der Waals surface area contributed by atoms with E-state index in [-0.39, 0.29) is 5.54 Å². The minimum Gasteiger partial charge on any atom is -0.311 e. The third-order valence-electron chi connectivity index (χ3n) is 3.75. The van der Waals surface area contributed by atoms with Crippen LogP contribution in [0.5, 0.6) is 0 Å². The SMILES string of the molecule is Cc1ccc(CC(CNC(C)(C)C)c2ccccc2)cc1. The van der Waals surface area contributed by atoms with Crippen molar-refractivity contribution < 1.29 is 0 Å². The molecule has 2 rings (SSSR count). The highest BCUT2D eigenvalue weighted by atomic mass is 14.9. The lowest BCUT2D eigenvalue weighted by Crippen LogP contribution is -2.39. The Hall–Kier alpha value is -1.60. The van der Waals surface area contributed by atoms with Crippen molar-refractivity contribution in [1.82, 2.24) is 5.32 Å². The zero-order chi connectivity index (χ0) is 15.3. The first-order valence-electron chi connectivity index (χ1n) is 7.79. The molecular formula is C20H27N. The highest BCUT2D eigenvalue weighted by molar-refractivity contribution is 5.26. The zero-order valence-electron chi connectivity index (χ0n) is 13.7. The molecule has 1 N–H and O–H groups in total. The van der Waals surface area contributed by atoms with Crippen molar-refractivity contribution >= 4 is 0 Å². The first-order chi connectivity index (χ1) is 9.94. The molecule has 2 aromatic rings. The summed E-state index contributed by atoms with van der Waals surface area (Å²) in [7, 11) is 0. The van der Waals surface area contributed by atoms with E-state index in [1.807, 2.05) is 0 Å². The molecule has 0 bridgehead atoms. The fraction of sp³-hybridized carbons (Fsp3) is 0.400. The molecule has 0 heterocycles. The van der Waals surface area contributed by atoms with Gasteiger partial charge in [-0.1, -0.05) is 60.2 Å². The zero-order valence-corrected chi connectivity index (χ0v) is 13.7. The van der Waals surface area contributed by atoms with E-state index in [0.717, 1.165) is 13.0 Å². The van der Waals surface area contributed by atoms with Gasteiger partial charge in [-0.25, -0.2) is 0 Å². The predicted molar refractivity (Wildman–Crippen MR) is 91.8 cm³/mol. The number of hydrogen-bond donors (Lipinski definition) is 1. The van der Waals surface area contributed by atoms with Crippen molar-refractivity contribution in [2.45, 2.75) is 45.6 Å². The third-order valence-corrected chi connectivity index (χ3v) is 3.75. The van der Waals surface area contributed by atoms with Gasteiger partial charge in [-0.15, -0.1) is 0 Å². The van der Waals surface area contributed by atoms with Crippen molar-refractivity contribution in [2.75, 3.05) is 6.54 Å². The maximum Gasteiger partial charge on any atom is 0.00967 e. The van der Waals surface area contributed by atoms with Gasteiger partial charge in [-0.3, -0.25) is 0 Å². The summed E-state index contributed by atoms with van der Waals surface area (Å²) in [5, 5.41) is 3.65. The standard InChI is InChI=1S/C20H27N/c1-16-10-12-17(13-11-16)14-19(15-21-20(2,3)4)18-8-6-5-7-9-18/h5-13,19,21H,14-15H2,1-4H3. The van der Waals surface area contributed by atoms with Crippen LogP contribution in [0.1, 0.15) is 43.4 Å². The number of benzene rings is 2. The summed E-state index contributed by atoms with van der Waals surface area (Å²) in [5.41, 5.74) is 4.29. The molecule has 0 saturated heterocycles. The Morgan fingerprint density at radius 2 is 1.52 bits per heavy atom. The first-order valence-corrected chi connectivity index (χ1v) is 7.79. The molecule has 1 atom stereocenters. The molecule has 0 saturated carbocycles. The van der Waals surface area contributed by atoms with Gasteiger partial charge >= 0.3 is 0 Å². The fourth-order valence-corrected chi connectivity index (χ4v) is 2.47. The van der Waals surface area contributed by atoms with Gasteiger partial charge in [0.25, 0.3) is 0 Å². The number of nitrogens with one attached hydrogen (secondary N) is 1. The second kappa shape index (κ2) is 6.91. The summed E-state index contributed by atoms with van der Waals surface area (Å²) >= 11 is 0. The lowest BCUT2D eigenvalue weighted by Gasteiger charge is -2.26. The van der Waals surface area contributed by atoms with E-state index in [0.29, 0.717) is 5.92 Å². The second-order valence-electron chi connectivity index (χ2n) is 6.93. The molecule has 112 valence electrons. The van der Waals surface area contributed by atoms with Gasteiger partial charge in [0.2, 0.25) is 0 Å². The number of aryl methyl sites for hydroxylation is 1. The minimum atomic E-state index is 0.153. The van der Waals surface area contributed by atoms with Gasteiger partial charge in [0.1, 0.15) is 0 Å². The lowest BCUT2D eigenvalue weighted by molar-refractivity contribution is 0.405. The Morgan fingerprint density at radius 1 is 0.905 bits per heavy atom. The van der Waals surface area contributed by atoms with Crippen LogP contribution in [-0.2, 0) is 6.42 Å². The van der Waals surface area contributed by atoms with Crippen LogP contribution in [0.3, 0.4) is 0 Å². The molecule has 0 amide bonds. The van der Waals surface area contributed by atoms with Gasteiger partial charge in [0, 0.05) is 18.0 Å². The van der Waals surface area contributed by atoms with E-state index in [2.05, 4.69) is 87.6 Å². The van der Waals surface area contributed by atoms with Crippen LogP contribution in [-0.4, -0.2) is 12.1 Å². The fourth-order valence-electron chi connectivity index (χ4n) is 2.47. The molecular weight excluding hydrogens is 254 g/mol.